The molecular weight excluding hydrogens is 242 g/mol. The van der Waals surface area contributed by atoms with Gasteiger partial charge >= 0.3 is 0 Å². The van der Waals surface area contributed by atoms with Gasteiger partial charge in [-0.25, -0.2) is 0 Å². The molecule has 0 heterocycles. The lowest BCUT2D eigenvalue weighted by atomic mass is 9.86. The van der Waals surface area contributed by atoms with Crippen LogP contribution in [0.2, 0.25) is 0 Å². The molecule has 2 aromatic carbocycles. The van der Waals surface area contributed by atoms with Crippen molar-refractivity contribution in [2.75, 3.05) is 0 Å². The quantitative estimate of drug-likeness (QED) is 0.854. The second-order valence-corrected chi connectivity index (χ2v) is 6.07. The molecule has 0 spiro atoms. The van der Waals surface area contributed by atoms with Crippen molar-refractivity contribution in [3.05, 3.63) is 71.8 Å². The molecule has 1 fully saturated rings. The van der Waals surface area contributed by atoms with Crippen molar-refractivity contribution >= 4 is 0 Å². The molecular formula is C19H23N. The summed E-state index contributed by atoms with van der Waals surface area (Å²) in [6.45, 7) is 4.64. The lowest BCUT2D eigenvalue weighted by Gasteiger charge is -2.26. The van der Waals surface area contributed by atoms with Crippen molar-refractivity contribution in [2.45, 2.75) is 38.3 Å². The van der Waals surface area contributed by atoms with Crippen LogP contribution < -0.4 is 5.32 Å². The zero-order chi connectivity index (χ0) is 13.9. The standard InChI is InChI=1S/C19H23N/c1-14-13-18(14)20-15(2)19(16-9-5-3-6-10-16)17-11-7-4-8-12-17/h3-12,14-15,18-20H,13H2,1-2H3. The van der Waals surface area contributed by atoms with Crippen LogP contribution in [0.1, 0.15) is 37.3 Å². The summed E-state index contributed by atoms with van der Waals surface area (Å²) in [7, 11) is 0. The molecule has 0 saturated heterocycles. The largest absolute Gasteiger partial charge is 0.310 e. The highest BCUT2D eigenvalue weighted by molar-refractivity contribution is 5.34. The minimum absolute atomic E-state index is 0.421. The average molecular weight is 265 g/mol. The van der Waals surface area contributed by atoms with E-state index < -0.39 is 0 Å². The maximum absolute atomic E-state index is 3.80. The van der Waals surface area contributed by atoms with Gasteiger partial charge in [0, 0.05) is 18.0 Å². The molecule has 3 atom stereocenters. The zero-order valence-electron chi connectivity index (χ0n) is 12.3. The van der Waals surface area contributed by atoms with Gasteiger partial charge in [-0.15, -0.1) is 0 Å². The Kier molecular flexibility index (Phi) is 3.88. The minimum atomic E-state index is 0.421. The maximum Gasteiger partial charge on any atom is 0.0240 e. The zero-order valence-corrected chi connectivity index (χ0v) is 12.3. The van der Waals surface area contributed by atoms with E-state index in [2.05, 4.69) is 79.8 Å². The summed E-state index contributed by atoms with van der Waals surface area (Å²) in [6, 6.07) is 22.9. The highest BCUT2D eigenvalue weighted by Gasteiger charge is 2.35. The van der Waals surface area contributed by atoms with Crippen molar-refractivity contribution in [1.82, 2.24) is 5.32 Å². The Balaban J connectivity index is 1.87. The van der Waals surface area contributed by atoms with Crippen molar-refractivity contribution in [3.63, 3.8) is 0 Å². The van der Waals surface area contributed by atoms with Crippen LogP contribution in [-0.2, 0) is 0 Å². The first-order chi connectivity index (χ1) is 9.75. The summed E-state index contributed by atoms with van der Waals surface area (Å²) >= 11 is 0. The molecule has 3 rings (SSSR count). The summed E-state index contributed by atoms with van der Waals surface area (Å²) in [5.74, 6) is 1.26. The van der Waals surface area contributed by atoms with E-state index in [4.69, 9.17) is 0 Å². The number of hydrogen-bond acceptors (Lipinski definition) is 1. The van der Waals surface area contributed by atoms with E-state index >= 15 is 0 Å². The van der Waals surface area contributed by atoms with Crippen LogP contribution in [0.3, 0.4) is 0 Å². The molecule has 1 nitrogen and oxygen atoms in total. The van der Waals surface area contributed by atoms with E-state index in [9.17, 15) is 0 Å². The molecule has 104 valence electrons. The van der Waals surface area contributed by atoms with Gasteiger partial charge < -0.3 is 5.32 Å². The van der Waals surface area contributed by atoms with Gasteiger partial charge in [0.05, 0.1) is 0 Å². The van der Waals surface area contributed by atoms with E-state index in [0.717, 1.165) is 5.92 Å². The molecule has 1 N–H and O–H groups in total. The predicted molar refractivity (Wildman–Crippen MR) is 84.9 cm³/mol. The van der Waals surface area contributed by atoms with Crippen LogP contribution in [0.4, 0.5) is 0 Å². The number of nitrogens with one attached hydrogen (secondary N) is 1. The first-order valence-corrected chi connectivity index (χ1v) is 7.61. The van der Waals surface area contributed by atoms with Gasteiger partial charge in [-0.1, -0.05) is 67.6 Å². The Morgan fingerprint density at radius 1 is 0.900 bits per heavy atom. The molecule has 0 amide bonds. The highest BCUT2D eigenvalue weighted by Crippen LogP contribution is 2.33. The van der Waals surface area contributed by atoms with Gasteiger partial charge in [-0.05, 0) is 30.4 Å². The molecule has 1 saturated carbocycles. The highest BCUT2D eigenvalue weighted by atomic mass is 15.0. The van der Waals surface area contributed by atoms with Crippen LogP contribution in [-0.4, -0.2) is 12.1 Å². The maximum atomic E-state index is 3.80. The summed E-state index contributed by atoms with van der Waals surface area (Å²) in [6.07, 6.45) is 1.32. The smallest absolute Gasteiger partial charge is 0.0240 e. The van der Waals surface area contributed by atoms with E-state index in [0.29, 0.717) is 18.0 Å². The summed E-state index contributed by atoms with van der Waals surface area (Å²) in [5, 5.41) is 3.80. The normalized spacial score (nSPS) is 22.8. The summed E-state index contributed by atoms with van der Waals surface area (Å²) in [5.41, 5.74) is 2.79. The van der Waals surface area contributed by atoms with E-state index in [1.165, 1.54) is 17.5 Å². The van der Waals surface area contributed by atoms with Crippen LogP contribution >= 0.6 is 0 Å². The number of rotatable bonds is 5. The van der Waals surface area contributed by atoms with E-state index in [1.807, 2.05) is 0 Å². The average Bonchev–Trinajstić information content (AvgIpc) is 3.16. The first kappa shape index (κ1) is 13.4. The summed E-state index contributed by atoms with van der Waals surface area (Å²) in [4.78, 5) is 0. The fourth-order valence-electron chi connectivity index (χ4n) is 3.08. The second kappa shape index (κ2) is 5.80. The number of benzene rings is 2. The number of hydrogen-bond donors (Lipinski definition) is 1. The fourth-order valence-corrected chi connectivity index (χ4v) is 3.08. The molecule has 1 aliphatic rings. The second-order valence-electron chi connectivity index (χ2n) is 6.07. The third-order valence-corrected chi connectivity index (χ3v) is 4.40. The molecule has 2 aromatic rings. The van der Waals surface area contributed by atoms with Gasteiger partial charge in [0.15, 0.2) is 0 Å². The monoisotopic (exact) mass is 265 g/mol. The molecule has 0 bridgehead atoms. The Morgan fingerprint density at radius 3 is 1.75 bits per heavy atom. The summed E-state index contributed by atoms with van der Waals surface area (Å²) < 4.78 is 0. The molecule has 0 aliphatic heterocycles. The van der Waals surface area contributed by atoms with Crippen LogP contribution in [0.25, 0.3) is 0 Å². The van der Waals surface area contributed by atoms with Gasteiger partial charge in [0.2, 0.25) is 0 Å². The lowest BCUT2D eigenvalue weighted by Crippen LogP contribution is -2.35. The third-order valence-electron chi connectivity index (χ3n) is 4.40. The molecule has 1 heteroatoms. The molecule has 0 radical (unpaired) electrons. The SMILES string of the molecule is CC1CC1NC(C)C(c1ccccc1)c1ccccc1. The predicted octanol–water partition coefficient (Wildman–Crippen LogP) is 4.21. The van der Waals surface area contributed by atoms with Gasteiger partial charge in [-0.3, -0.25) is 0 Å². The minimum Gasteiger partial charge on any atom is -0.310 e. The van der Waals surface area contributed by atoms with Crippen molar-refractivity contribution in [3.8, 4) is 0 Å². The fraction of sp³-hybridized carbons (Fsp3) is 0.368. The molecule has 1 aliphatic carbocycles. The van der Waals surface area contributed by atoms with Gasteiger partial charge in [0.1, 0.15) is 0 Å². The van der Waals surface area contributed by atoms with Gasteiger partial charge in [0.25, 0.3) is 0 Å². The third kappa shape index (κ3) is 2.94. The van der Waals surface area contributed by atoms with Crippen LogP contribution in [0, 0.1) is 5.92 Å². The van der Waals surface area contributed by atoms with E-state index in [1.54, 1.807) is 0 Å². The molecule has 3 unspecified atom stereocenters. The lowest BCUT2D eigenvalue weighted by molar-refractivity contribution is 0.485. The van der Waals surface area contributed by atoms with Gasteiger partial charge in [-0.2, -0.15) is 0 Å². The topological polar surface area (TPSA) is 12.0 Å². The van der Waals surface area contributed by atoms with Crippen molar-refractivity contribution in [1.29, 1.82) is 0 Å². The Morgan fingerprint density at radius 2 is 1.35 bits per heavy atom. The Labute approximate surface area is 122 Å². The van der Waals surface area contributed by atoms with Crippen molar-refractivity contribution in [2.24, 2.45) is 5.92 Å². The first-order valence-electron chi connectivity index (χ1n) is 7.61. The Bertz CT molecular complexity index is 495. The van der Waals surface area contributed by atoms with Crippen LogP contribution in [0.5, 0.6) is 0 Å². The molecule has 0 aromatic heterocycles. The van der Waals surface area contributed by atoms with Crippen LogP contribution in [0.15, 0.2) is 60.7 Å². The van der Waals surface area contributed by atoms with Crippen molar-refractivity contribution < 1.29 is 0 Å². The Hall–Kier alpha value is -1.60. The van der Waals surface area contributed by atoms with E-state index in [-0.39, 0.29) is 0 Å². The molecule has 20 heavy (non-hydrogen) atoms.